The fourth-order valence-electron chi connectivity index (χ4n) is 2.61. The van der Waals surface area contributed by atoms with E-state index >= 15 is 0 Å². The maximum absolute atomic E-state index is 2.24. The third kappa shape index (κ3) is 36.5. The van der Waals surface area contributed by atoms with Gasteiger partial charge in [-0.25, -0.2) is 0 Å². The summed E-state index contributed by atoms with van der Waals surface area (Å²) in [4.78, 5) is 0. The first-order chi connectivity index (χ1) is 12.2. The summed E-state index contributed by atoms with van der Waals surface area (Å²) >= 11 is 0. The van der Waals surface area contributed by atoms with Crippen molar-refractivity contribution < 1.29 is 157 Å². The Hall–Kier alpha value is 3.74. The minimum absolute atomic E-state index is 0. The molecule has 0 aromatic heterocycles. The van der Waals surface area contributed by atoms with Gasteiger partial charge in [-0.15, -0.1) is 0 Å². The number of hydrogen-bond acceptors (Lipinski definition) is 0. The van der Waals surface area contributed by atoms with Crippen molar-refractivity contribution in [1.82, 2.24) is 0 Å². The van der Waals surface area contributed by atoms with Crippen LogP contribution < -0.4 is 0 Å². The van der Waals surface area contributed by atoms with Gasteiger partial charge in [0.25, 0.3) is 0 Å². The smallest absolute Gasteiger partial charge is 0 e. The standard InChI is InChI=1S/C7H10.3C5H8.C3H8.4Ar.4H2/c1-6-3-4-7(2)5-6;3*1-2-4-5-3-1;1-3-2;;;;;;;;/h3-4H,5H2,1-2H3;3*1-2H,3-5H2;3H2,1-2H3;;;;;4*1H. The first kappa shape index (κ1) is 42.9. The molecule has 0 saturated heterocycles. The van der Waals surface area contributed by atoms with Gasteiger partial charge in [0.05, 0.1) is 0 Å². The molecule has 0 aromatic carbocycles. The normalized spacial score (nSPS) is 16.0. The third-order valence-corrected chi connectivity index (χ3v) is 3.93. The molecule has 4 aliphatic rings. The number of allylic oxidation sites excluding steroid dienone is 10. The van der Waals surface area contributed by atoms with E-state index < -0.39 is 0 Å². The van der Waals surface area contributed by atoms with Gasteiger partial charge in [0, 0.05) is 157 Å². The van der Waals surface area contributed by atoms with Gasteiger partial charge in [0.15, 0.2) is 0 Å². The molecule has 182 valence electrons. The fourth-order valence-corrected chi connectivity index (χ4v) is 2.61. The minimum Gasteiger partial charge on any atom is -0.0885 e. The van der Waals surface area contributed by atoms with Crippen LogP contribution in [0.5, 0.6) is 0 Å². The summed E-state index contributed by atoms with van der Waals surface area (Å²) in [6, 6.07) is 0. The van der Waals surface area contributed by atoms with Gasteiger partial charge in [-0.1, -0.05) is 80.0 Å². The van der Waals surface area contributed by atoms with E-state index in [1.54, 1.807) is 0 Å². The van der Waals surface area contributed by atoms with Crippen LogP contribution in [0.1, 0.15) is 104 Å². The van der Waals surface area contributed by atoms with Crippen molar-refractivity contribution in [2.24, 2.45) is 0 Å². The van der Waals surface area contributed by atoms with Crippen LogP contribution in [0.4, 0.5) is 0 Å². The Labute approximate surface area is 308 Å². The predicted octanol–water partition coefficient (Wildman–Crippen LogP) is 9.86. The van der Waals surface area contributed by atoms with Crippen LogP contribution in [0.25, 0.3) is 0 Å². The second kappa shape index (κ2) is 36.3. The Morgan fingerprint density at radius 3 is 0.828 bits per heavy atom. The molecule has 0 atom stereocenters. The van der Waals surface area contributed by atoms with Crippen LogP contribution >= 0.6 is 0 Å². The summed E-state index contributed by atoms with van der Waals surface area (Å²) in [5.74, 6) is 0. The Balaban J connectivity index is -0.0000000299. The van der Waals surface area contributed by atoms with E-state index in [4.69, 9.17) is 0 Å². The van der Waals surface area contributed by atoms with Crippen LogP contribution in [0.15, 0.2) is 59.8 Å². The molecule has 0 N–H and O–H groups in total. The molecule has 4 heteroatoms. The van der Waals surface area contributed by atoms with Crippen LogP contribution in [-0.4, -0.2) is 0 Å². The maximum atomic E-state index is 2.24. The fraction of sp³-hybridized carbons (Fsp3) is 0.600. The Kier molecular flexibility index (Phi) is 53.7. The molecule has 0 unspecified atom stereocenters. The SMILES string of the molecule is C1=CCCC1.C1=CCCC1.C1=CCCC1.CC1=CC=C(C)C1.CCC.[Ar].[Ar].[Ar].[Ar].[HH].[HH].[HH].[HH]. The number of rotatable bonds is 0. The van der Waals surface area contributed by atoms with E-state index in [2.05, 4.69) is 76.3 Å². The molecule has 0 spiro atoms. The molecule has 4 aliphatic carbocycles. The van der Waals surface area contributed by atoms with Gasteiger partial charge in [0.1, 0.15) is 0 Å². The molecule has 0 heterocycles. The largest absolute Gasteiger partial charge is 0.0885 e. The summed E-state index contributed by atoms with van der Waals surface area (Å²) in [7, 11) is 0. The van der Waals surface area contributed by atoms with E-state index in [9.17, 15) is 0 Å². The molecular formula is C25H50Ar4. The van der Waals surface area contributed by atoms with E-state index in [0.29, 0.717) is 0 Å². The first-order valence-electron chi connectivity index (χ1n) is 10.5. The summed E-state index contributed by atoms with van der Waals surface area (Å²) in [6.45, 7) is 8.57. The summed E-state index contributed by atoms with van der Waals surface area (Å²) in [5.41, 5.74) is 2.97. The molecule has 29 heavy (non-hydrogen) atoms. The average molecular weight is 510 g/mol. The molecular weight excluding hydrogens is 460 g/mol. The minimum atomic E-state index is 0. The summed E-state index contributed by atoms with van der Waals surface area (Å²) in [6.07, 6.45) is 32.3. The van der Waals surface area contributed by atoms with Crippen LogP contribution in [0.3, 0.4) is 0 Å². The zero-order valence-electron chi connectivity index (χ0n) is 18.8. The predicted molar refractivity (Wildman–Crippen MR) is 126 cm³/mol. The molecule has 0 bridgehead atoms. The topological polar surface area (TPSA) is 0 Å². The van der Waals surface area contributed by atoms with Gasteiger partial charge in [-0.05, 0) is 78.1 Å². The van der Waals surface area contributed by atoms with E-state index in [1.165, 1.54) is 81.8 Å². The average Bonchev–Trinajstić information content (AvgIpc) is 3.40. The Bertz CT molecular complexity index is 391. The zero-order chi connectivity index (χ0) is 18.6. The molecule has 0 amide bonds. The number of hydrogen-bond donors (Lipinski definition) is 0. The molecule has 0 radical (unpaired) electrons. The van der Waals surface area contributed by atoms with Crippen molar-refractivity contribution in [1.29, 1.82) is 0 Å². The van der Waals surface area contributed by atoms with Crippen LogP contribution in [-0.2, 0) is 0 Å². The van der Waals surface area contributed by atoms with Crippen molar-refractivity contribution in [2.75, 3.05) is 0 Å². The molecule has 0 fully saturated rings. The Morgan fingerprint density at radius 1 is 0.552 bits per heavy atom. The van der Waals surface area contributed by atoms with Crippen molar-refractivity contribution in [3.63, 3.8) is 0 Å². The molecule has 0 aromatic rings. The second-order valence-corrected chi connectivity index (χ2v) is 7.12. The third-order valence-electron chi connectivity index (χ3n) is 3.93. The van der Waals surface area contributed by atoms with E-state index in [1.807, 2.05) is 0 Å². The zero-order valence-corrected chi connectivity index (χ0v) is 21.6. The first-order valence-corrected chi connectivity index (χ1v) is 10.5. The van der Waals surface area contributed by atoms with Gasteiger partial charge in [-0.2, -0.15) is 0 Å². The summed E-state index contributed by atoms with van der Waals surface area (Å²) < 4.78 is 0. The quantitative estimate of drug-likeness (QED) is 0.285. The maximum Gasteiger partial charge on any atom is 0 e. The van der Waals surface area contributed by atoms with Gasteiger partial charge in [0.2, 0.25) is 0 Å². The summed E-state index contributed by atoms with van der Waals surface area (Å²) in [5, 5.41) is 0. The van der Waals surface area contributed by atoms with Crippen molar-refractivity contribution in [3.8, 4) is 0 Å². The molecule has 0 nitrogen and oxygen atoms in total. The molecule has 4 rings (SSSR count). The van der Waals surface area contributed by atoms with Crippen LogP contribution in [0.2, 0.25) is 0 Å². The van der Waals surface area contributed by atoms with Crippen LogP contribution in [0, 0.1) is 151 Å². The van der Waals surface area contributed by atoms with Gasteiger partial charge < -0.3 is 0 Å². The Morgan fingerprint density at radius 2 is 0.759 bits per heavy atom. The molecule has 0 aliphatic heterocycles. The van der Waals surface area contributed by atoms with E-state index in [-0.39, 0.29) is 157 Å². The van der Waals surface area contributed by atoms with Gasteiger partial charge >= 0.3 is 0 Å². The monoisotopic (exact) mass is 510 g/mol. The van der Waals surface area contributed by atoms with Gasteiger partial charge in [-0.3, -0.25) is 0 Å². The van der Waals surface area contributed by atoms with E-state index in [0.717, 1.165) is 0 Å². The second-order valence-electron chi connectivity index (χ2n) is 7.12. The van der Waals surface area contributed by atoms with Crippen molar-refractivity contribution in [3.05, 3.63) is 59.8 Å². The molecule has 0 saturated carbocycles. The van der Waals surface area contributed by atoms with Crippen molar-refractivity contribution in [2.45, 2.75) is 98.3 Å². The van der Waals surface area contributed by atoms with Crippen molar-refractivity contribution >= 4 is 0 Å².